The quantitative estimate of drug-likeness (QED) is 0.775. The third kappa shape index (κ3) is 2.02. The Balaban J connectivity index is 2.76. The molecule has 0 fully saturated rings. The highest BCUT2D eigenvalue weighted by Gasteiger charge is 2.16. The average Bonchev–Trinajstić information content (AvgIpc) is 2.34. The lowest BCUT2D eigenvalue weighted by molar-refractivity contribution is 0.126. The zero-order valence-corrected chi connectivity index (χ0v) is 7.58. The van der Waals surface area contributed by atoms with Crippen LogP contribution in [0.2, 0.25) is 0 Å². The molecule has 3 N–H and O–H groups in total. The first kappa shape index (κ1) is 8.70. The number of aromatic nitrogens is 1. The number of aliphatic hydroxyl groups is 1. The second-order valence-corrected chi connectivity index (χ2v) is 3.00. The molecule has 5 heteroatoms. The zero-order valence-electron chi connectivity index (χ0n) is 5.99. The Morgan fingerprint density at radius 3 is 2.82 bits per heavy atom. The third-order valence-corrected chi connectivity index (χ3v) is 1.65. The van der Waals surface area contributed by atoms with Crippen LogP contribution in [0.3, 0.4) is 0 Å². The van der Waals surface area contributed by atoms with E-state index in [9.17, 15) is 5.11 Å². The second kappa shape index (κ2) is 3.34. The minimum Gasteiger partial charge on any atom is -0.433 e. The van der Waals surface area contributed by atoms with Gasteiger partial charge in [0.15, 0.2) is 5.76 Å². The standard InChI is InChI=1S/C6H9BrN2O2/c1-3(8)5(10)4-2-9-6(7)11-4/h2-3,5,10H,8H2,1H3. The molecule has 4 nitrogen and oxygen atoms in total. The van der Waals surface area contributed by atoms with Gasteiger partial charge in [-0.05, 0) is 6.92 Å². The molecule has 1 aromatic rings. The van der Waals surface area contributed by atoms with Crippen LogP contribution in [0.25, 0.3) is 0 Å². The van der Waals surface area contributed by atoms with E-state index in [0.717, 1.165) is 0 Å². The van der Waals surface area contributed by atoms with E-state index >= 15 is 0 Å². The molecule has 1 rings (SSSR count). The maximum atomic E-state index is 9.33. The van der Waals surface area contributed by atoms with Crippen molar-refractivity contribution in [2.45, 2.75) is 19.1 Å². The largest absolute Gasteiger partial charge is 0.433 e. The number of nitrogens with zero attached hydrogens (tertiary/aromatic N) is 1. The summed E-state index contributed by atoms with van der Waals surface area (Å²) in [6, 6.07) is -0.352. The molecule has 2 unspecified atom stereocenters. The maximum Gasteiger partial charge on any atom is 0.264 e. The molecule has 0 aliphatic heterocycles. The van der Waals surface area contributed by atoms with E-state index in [1.165, 1.54) is 6.20 Å². The van der Waals surface area contributed by atoms with Crippen LogP contribution in [0.15, 0.2) is 15.4 Å². The van der Waals surface area contributed by atoms with Crippen LogP contribution in [-0.2, 0) is 0 Å². The second-order valence-electron chi connectivity index (χ2n) is 2.32. The predicted octanol–water partition coefficient (Wildman–Crippen LogP) is 0.818. The van der Waals surface area contributed by atoms with Crippen LogP contribution in [0.4, 0.5) is 0 Å². The van der Waals surface area contributed by atoms with Crippen molar-refractivity contribution in [2.24, 2.45) is 5.73 Å². The summed E-state index contributed by atoms with van der Waals surface area (Å²) in [5, 5.41) is 9.33. The van der Waals surface area contributed by atoms with Crippen molar-refractivity contribution in [1.29, 1.82) is 0 Å². The van der Waals surface area contributed by atoms with Crippen molar-refractivity contribution in [1.82, 2.24) is 4.98 Å². The lowest BCUT2D eigenvalue weighted by Crippen LogP contribution is -2.23. The van der Waals surface area contributed by atoms with E-state index in [2.05, 4.69) is 20.9 Å². The molecule has 1 heterocycles. The first-order valence-corrected chi connectivity index (χ1v) is 3.95. The number of hydrogen-bond acceptors (Lipinski definition) is 4. The summed E-state index contributed by atoms with van der Waals surface area (Å²) in [7, 11) is 0. The predicted molar refractivity (Wildman–Crippen MR) is 42.8 cm³/mol. The lowest BCUT2D eigenvalue weighted by Gasteiger charge is -2.09. The molecule has 2 atom stereocenters. The molecular weight excluding hydrogens is 212 g/mol. The smallest absolute Gasteiger partial charge is 0.264 e. The van der Waals surface area contributed by atoms with Crippen molar-refractivity contribution in [3.05, 3.63) is 16.8 Å². The van der Waals surface area contributed by atoms with Gasteiger partial charge < -0.3 is 15.3 Å². The molecule has 0 aliphatic rings. The van der Waals surface area contributed by atoms with Gasteiger partial charge in [-0.15, -0.1) is 0 Å². The summed E-state index contributed by atoms with van der Waals surface area (Å²) in [6.07, 6.45) is 0.659. The van der Waals surface area contributed by atoms with E-state index in [1.54, 1.807) is 6.92 Å². The Bertz CT molecular complexity index is 236. The van der Waals surface area contributed by atoms with Gasteiger partial charge in [-0.25, -0.2) is 4.98 Å². The van der Waals surface area contributed by atoms with Crippen LogP contribution in [0, 0.1) is 0 Å². The molecular formula is C6H9BrN2O2. The molecule has 0 radical (unpaired) electrons. The zero-order chi connectivity index (χ0) is 8.43. The molecule has 62 valence electrons. The number of rotatable bonds is 2. The number of nitrogens with two attached hydrogens (primary N) is 1. The molecule has 0 aromatic carbocycles. The van der Waals surface area contributed by atoms with Crippen molar-refractivity contribution in [3.63, 3.8) is 0 Å². The Labute approximate surface area is 72.5 Å². The normalized spacial score (nSPS) is 16.4. The van der Waals surface area contributed by atoms with E-state index in [4.69, 9.17) is 10.2 Å². The SMILES string of the molecule is CC(N)C(O)c1cnc(Br)o1. The van der Waals surface area contributed by atoms with E-state index in [1.807, 2.05) is 0 Å². The number of hydrogen-bond donors (Lipinski definition) is 2. The van der Waals surface area contributed by atoms with Gasteiger partial charge >= 0.3 is 0 Å². The van der Waals surface area contributed by atoms with Crippen LogP contribution >= 0.6 is 15.9 Å². The van der Waals surface area contributed by atoms with E-state index in [0.29, 0.717) is 10.6 Å². The van der Waals surface area contributed by atoms with Crippen molar-refractivity contribution < 1.29 is 9.52 Å². The van der Waals surface area contributed by atoms with Crippen LogP contribution in [-0.4, -0.2) is 16.1 Å². The van der Waals surface area contributed by atoms with Gasteiger partial charge in [0.25, 0.3) is 4.80 Å². The molecule has 1 aromatic heterocycles. The Morgan fingerprint density at radius 1 is 1.82 bits per heavy atom. The molecule has 0 bridgehead atoms. The summed E-state index contributed by atoms with van der Waals surface area (Å²) < 4.78 is 4.98. The molecule has 0 spiro atoms. The maximum absolute atomic E-state index is 9.33. The van der Waals surface area contributed by atoms with E-state index < -0.39 is 6.10 Å². The Morgan fingerprint density at radius 2 is 2.45 bits per heavy atom. The first-order valence-electron chi connectivity index (χ1n) is 3.16. The summed E-state index contributed by atoms with van der Waals surface area (Å²) >= 11 is 3.02. The third-order valence-electron chi connectivity index (χ3n) is 1.28. The highest BCUT2D eigenvalue weighted by molar-refractivity contribution is 9.10. The fourth-order valence-corrected chi connectivity index (χ4v) is 0.949. The topological polar surface area (TPSA) is 72.3 Å². The van der Waals surface area contributed by atoms with Crippen molar-refractivity contribution in [2.75, 3.05) is 0 Å². The summed E-state index contributed by atoms with van der Waals surface area (Å²) in [5.41, 5.74) is 5.42. The summed E-state index contributed by atoms with van der Waals surface area (Å²) in [6.45, 7) is 1.70. The number of oxazole rings is 1. The van der Waals surface area contributed by atoms with Gasteiger partial charge in [0.2, 0.25) is 0 Å². The minimum atomic E-state index is -0.784. The molecule has 0 saturated carbocycles. The molecule has 0 saturated heterocycles. The molecule has 11 heavy (non-hydrogen) atoms. The number of halogens is 1. The van der Waals surface area contributed by atoms with Crippen molar-refractivity contribution >= 4 is 15.9 Å². The highest BCUT2D eigenvalue weighted by atomic mass is 79.9. The fourth-order valence-electron chi connectivity index (χ4n) is 0.660. The van der Waals surface area contributed by atoms with Crippen LogP contribution in [0.1, 0.15) is 18.8 Å². The average molecular weight is 221 g/mol. The number of aliphatic hydroxyl groups excluding tert-OH is 1. The Hall–Kier alpha value is -0.390. The van der Waals surface area contributed by atoms with Gasteiger partial charge in [-0.1, -0.05) is 0 Å². The summed E-state index contributed by atoms with van der Waals surface area (Å²) in [4.78, 5) is 4.11. The van der Waals surface area contributed by atoms with Gasteiger partial charge in [-0.2, -0.15) is 0 Å². The summed E-state index contributed by atoms with van der Waals surface area (Å²) in [5.74, 6) is 0.381. The van der Waals surface area contributed by atoms with Gasteiger partial charge in [0.05, 0.1) is 6.20 Å². The van der Waals surface area contributed by atoms with Gasteiger partial charge in [0, 0.05) is 22.0 Å². The lowest BCUT2D eigenvalue weighted by atomic mass is 10.2. The van der Waals surface area contributed by atoms with Gasteiger partial charge in [0.1, 0.15) is 6.10 Å². The van der Waals surface area contributed by atoms with Gasteiger partial charge in [-0.3, -0.25) is 0 Å². The monoisotopic (exact) mass is 220 g/mol. The molecule has 0 aliphatic carbocycles. The Kier molecular flexibility index (Phi) is 2.64. The molecule has 0 amide bonds. The minimum absolute atomic E-state index is 0.352. The van der Waals surface area contributed by atoms with Crippen LogP contribution < -0.4 is 5.73 Å². The highest BCUT2D eigenvalue weighted by Crippen LogP contribution is 2.18. The van der Waals surface area contributed by atoms with Crippen molar-refractivity contribution in [3.8, 4) is 0 Å². The van der Waals surface area contributed by atoms with E-state index in [-0.39, 0.29) is 6.04 Å². The van der Waals surface area contributed by atoms with Crippen LogP contribution in [0.5, 0.6) is 0 Å². The fraction of sp³-hybridized carbons (Fsp3) is 0.500. The first-order chi connectivity index (χ1) is 5.11.